The quantitative estimate of drug-likeness (QED) is 0.903. The SMILES string of the molecule is CCc1nc2n(n1)CCCC2NC(=O)Cc1ccnc(OC)c1. The summed E-state index contributed by atoms with van der Waals surface area (Å²) in [5, 5.41) is 7.54. The lowest BCUT2D eigenvalue weighted by Gasteiger charge is -2.23. The van der Waals surface area contributed by atoms with Crippen molar-refractivity contribution < 1.29 is 9.53 Å². The lowest BCUT2D eigenvalue weighted by Crippen LogP contribution is -2.34. The van der Waals surface area contributed by atoms with E-state index in [4.69, 9.17) is 4.74 Å². The summed E-state index contributed by atoms with van der Waals surface area (Å²) < 4.78 is 7.00. The molecule has 0 saturated carbocycles. The highest BCUT2D eigenvalue weighted by Crippen LogP contribution is 2.23. The summed E-state index contributed by atoms with van der Waals surface area (Å²) in [5.74, 6) is 2.19. The predicted octanol–water partition coefficient (Wildman–Crippen LogP) is 1.44. The van der Waals surface area contributed by atoms with Crippen molar-refractivity contribution in [2.24, 2.45) is 0 Å². The van der Waals surface area contributed by atoms with Crippen LogP contribution in [0.4, 0.5) is 0 Å². The van der Waals surface area contributed by atoms with Crippen LogP contribution in [0.5, 0.6) is 5.88 Å². The molecular weight excluding hydrogens is 294 g/mol. The van der Waals surface area contributed by atoms with E-state index in [1.54, 1.807) is 19.4 Å². The second-order valence-corrected chi connectivity index (χ2v) is 5.61. The third-order valence-corrected chi connectivity index (χ3v) is 3.94. The molecule has 0 aliphatic carbocycles. The van der Waals surface area contributed by atoms with E-state index < -0.39 is 0 Å². The van der Waals surface area contributed by atoms with Crippen molar-refractivity contribution in [3.05, 3.63) is 35.5 Å². The van der Waals surface area contributed by atoms with Gasteiger partial charge in [-0.1, -0.05) is 6.92 Å². The number of nitrogens with zero attached hydrogens (tertiary/aromatic N) is 4. The van der Waals surface area contributed by atoms with E-state index in [0.717, 1.165) is 43.0 Å². The van der Waals surface area contributed by atoms with Crippen LogP contribution >= 0.6 is 0 Å². The highest BCUT2D eigenvalue weighted by molar-refractivity contribution is 5.79. The van der Waals surface area contributed by atoms with Gasteiger partial charge in [-0.25, -0.2) is 14.6 Å². The fraction of sp³-hybridized carbons (Fsp3) is 0.500. The van der Waals surface area contributed by atoms with Crippen LogP contribution in [0.2, 0.25) is 0 Å². The van der Waals surface area contributed by atoms with E-state index in [0.29, 0.717) is 12.3 Å². The summed E-state index contributed by atoms with van der Waals surface area (Å²) in [6, 6.07) is 3.53. The van der Waals surface area contributed by atoms with Crippen LogP contribution in [-0.4, -0.2) is 32.8 Å². The average Bonchev–Trinajstić information content (AvgIpc) is 2.99. The van der Waals surface area contributed by atoms with Gasteiger partial charge < -0.3 is 10.1 Å². The summed E-state index contributed by atoms with van der Waals surface area (Å²) in [7, 11) is 1.56. The van der Waals surface area contributed by atoms with Crippen molar-refractivity contribution in [1.82, 2.24) is 25.1 Å². The highest BCUT2D eigenvalue weighted by atomic mass is 16.5. The van der Waals surface area contributed by atoms with Gasteiger partial charge in [0.25, 0.3) is 0 Å². The number of aromatic nitrogens is 4. The molecule has 7 nitrogen and oxygen atoms in total. The van der Waals surface area contributed by atoms with E-state index in [9.17, 15) is 4.79 Å². The summed E-state index contributed by atoms with van der Waals surface area (Å²) in [4.78, 5) is 20.9. The van der Waals surface area contributed by atoms with Crippen molar-refractivity contribution in [1.29, 1.82) is 0 Å². The Bertz CT molecular complexity index is 698. The minimum Gasteiger partial charge on any atom is -0.481 e. The zero-order valence-corrected chi connectivity index (χ0v) is 13.5. The minimum atomic E-state index is -0.0622. The van der Waals surface area contributed by atoms with E-state index in [2.05, 4.69) is 20.4 Å². The first-order valence-corrected chi connectivity index (χ1v) is 7.91. The molecule has 1 amide bonds. The monoisotopic (exact) mass is 315 g/mol. The lowest BCUT2D eigenvalue weighted by atomic mass is 10.1. The number of carbonyl (C=O) groups is 1. The molecule has 2 aromatic rings. The molecule has 3 rings (SSSR count). The van der Waals surface area contributed by atoms with Crippen LogP contribution in [0.25, 0.3) is 0 Å². The van der Waals surface area contributed by atoms with Crippen LogP contribution in [0.1, 0.15) is 43.0 Å². The molecule has 0 aromatic carbocycles. The Labute approximate surface area is 135 Å². The largest absolute Gasteiger partial charge is 0.481 e. The van der Waals surface area contributed by atoms with Crippen LogP contribution in [-0.2, 0) is 24.2 Å². The molecular formula is C16H21N5O2. The fourth-order valence-corrected chi connectivity index (χ4v) is 2.79. The topological polar surface area (TPSA) is 81.9 Å². The molecule has 0 saturated heterocycles. The molecule has 0 fully saturated rings. The second-order valence-electron chi connectivity index (χ2n) is 5.61. The highest BCUT2D eigenvalue weighted by Gasteiger charge is 2.25. The van der Waals surface area contributed by atoms with Gasteiger partial charge >= 0.3 is 0 Å². The molecule has 23 heavy (non-hydrogen) atoms. The third kappa shape index (κ3) is 3.49. The molecule has 0 radical (unpaired) electrons. The number of methoxy groups -OCH3 is 1. The Morgan fingerprint density at radius 2 is 2.39 bits per heavy atom. The van der Waals surface area contributed by atoms with E-state index in [1.807, 2.05) is 17.7 Å². The molecule has 0 bridgehead atoms. The maximum atomic E-state index is 12.3. The first-order chi connectivity index (χ1) is 11.2. The Morgan fingerprint density at radius 1 is 1.52 bits per heavy atom. The Morgan fingerprint density at radius 3 is 3.17 bits per heavy atom. The molecule has 0 spiro atoms. The number of carbonyl (C=O) groups excluding carboxylic acids is 1. The van der Waals surface area contributed by atoms with Gasteiger partial charge in [-0.15, -0.1) is 0 Å². The lowest BCUT2D eigenvalue weighted by molar-refractivity contribution is -0.121. The smallest absolute Gasteiger partial charge is 0.225 e. The van der Waals surface area contributed by atoms with Gasteiger partial charge in [-0.2, -0.15) is 5.10 Å². The van der Waals surface area contributed by atoms with E-state index >= 15 is 0 Å². The van der Waals surface area contributed by atoms with Gasteiger partial charge in [-0.05, 0) is 24.5 Å². The third-order valence-electron chi connectivity index (χ3n) is 3.94. The number of rotatable bonds is 5. The van der Waals surface area contributed by atoms with Crippen LogP contribution in [0.15, 0.2) is 18.3 Å². The van der Waals surface area contributed by atoms with Crippen molar-refractivity contribution in [3.63, 3.8) is 0 Å². The van der Waals surface area contributed by atoms with Gasteiger partial charge in [0.15, 0.2) is 5.82 Å². The molecule has 7 heteroatoms. The summed E-state index contributed by atoms with van der Waals surface area (Å²) in [5.41, 5.74) is 0.876. The molecule has 1 unspecified atom stereocenters. The minimum absolute atomic E-state index is 0.0299. The first-order valence-electron chi connectivity index (χ1n) is 7.91. The van der Waals surface area contributed by atoms with Crippen molar-refractivity contribution >= 4 is 5.91 Å². The summed E-state index contributed by atoms with van der Waals surface area (Å²) >= 11 is 0. The molecule has 1 N–H and O–H groups in total. The van der Waals surface area contributed by atoms with Gasteiger partial charge in [0.05, 0.1) is 19.6 Å². The number of amides is 1. The number of hydrogen-bond acceptors (Lipinski definition) is 5. The second kappa shape index (κ2) is 6.76. The molecule has 122 valence electrons. The summed E-state index contributed by atoms with van der Waals surface area (Å²) in [6.45, 7) is 2.90. The Hall–Kier alpha value is -2.44. The molecule has 2 aromatic heterocycles. The normalized spacial score (nSPS) is 16.7. The standard InChI is InChI=1S/C16H21N5O2/c1-3-13-19-16-12(5-4-8-21(16)20-13)18-14(22)9-11-6-7-17-15(10-11)23-2/h6-7,10,12H,3-5,8-9H2,1-2H3,(H,18,22). The fourth-order valence-electron chi connectivity index (χ4n) is 2.79. The number of ether oxygens (including phenoxy) is 1. The van der Waals surface area contributed by atoms with Crippen molar-refractivity contribution in [3.8, 4) is 5.88 Å². The molecule has 3 heterocycles. The number of hydrogen-bond donors (Lipinski definition) is 1. The van der Waals surface area contributed by atoms with Crippen molar-refractivity contribution in [2.45, 2.75) is 45.2 Å². The predicted molar refractivity (Wildman–Crippen MR) is 84.0 cm³/mol. The number of nitrogens with one attached hydrogen (secondary N) is 1. The maximum Gasteiger partial charge on any atom is 0.225 e. The number of fused-ring (bicyclic) bond motifs is 1. The molecule has 1 atom stereocenters. The van der Waals surface area contributed by atoms with Crippen LogP contribution in [0.3, 0.4) is 0 Å². The van der Waals surface area contributed by atoms with Gasteiger partial charge in [0.1, 0.15) is 5.82 Å². The van der Waals surface area contributed by atoms with Gasteiger partial charge in [0, 0.05) is 25.2 Å². The average molecular weight is 315 g/mol. The zero-order chi connectivity index (χ0) is 16.2. The van der Waals surface area contributed by atoms with Crippen LogP contribution < -0.4 is 10.1 Å². The zero-order valence-electron chi connectivity index (χ0n) is 13.5. The first kappa shape index (κ1) is 15.5. The van der Waals surface area contributed by atoms with Gasteiger partial charge in [-0.3, -0.25) is 4.79 Å². The number of pyridine rings is 1. The van der Waals surface area contributed by atoms with E-state index in [-0.39, 0.29) is 11.9 Å². The number of aryl methyl sites for hydroxylation is 2. The Kier molecular flexibility index (Phi) is 4.55. The molecule has 1 aliphatic rings. The Balaban J connectivity index is 1.67. The maximum absolute atomic E-state index is 12.3. The van der Waals surface area contributed by atoms with E-state index in [1.165, 1.54) is 0 Å². The summed E-state index contributed by atoms with van der Waals surface area (Å²) in [6.07, 6.45) is 4.63. The van der Waals surface area contributed by atoms with Gasteiger partial charge in [0.2, 0.25) is 11.8 Å². The van der Waals surface area contributed by atoms with Crippen molar-refractivity contribution in [2.75, 3.05) is 7.11 Å². The molecule has 1 aliphatic heterocycles. The van der Waals surface area contributed by atoms with Crippen LogP contribution in [0, 0.1) is 0 Å².